The van der Waals surface area contributed by atoms with Crippen molar-refractivity contribution in [3.05, 3.63) is 59.8 Å². The van der Waals surface area contributed by atoms with Crippen LogP contribution in [0.3, 0.4) is 0 Å². The van der Waals surface area contributed by atoms with Crippen molar-refractivity contribution in [2.45, 2.75) is 30.1 Å². The molecule has 146 valence electrons. The summed E-state index contributed by atoms with van der Waals surface area (Å²) in [7, 11) is -3.69. The van der Waals surface area contributed by atoms with Crippen molar-refractivity contribution in [1.82, 2.24) is 4.98 Å². The van der Waals surface area contributed by atoms with Gasteiger partial charge in [0.2, 0.25) is 9.84 Å². The SMILES string of the molecule is CCc1ccc(S(=O)(=O)c2cnc3ccc(C)cc3c2N2CCOCC2)cc1. The van der Waals surface area contributed by atoms with Gasteiger partial charge < -0.3 is 9.64 Å². The molecular weight excluding hydrogens is 372 g/mol. The second kappa shape index (κ2) is 7.53. The van der Waals surface area contributed by atoms with Crippen molar-refractivity contribution >= 4 is 26.4 Å². The molecule has 5 nitrogen and oxygen atoms in total. The molecular formula is C22H24N2O3S. The number of sulfone groups is 1. The van der Waals surface area contributed by atoms with E-state index in [-0.39, 0.29) is 4.90 Å². The highest BCUT2D eigenvalue weighted by atomic mass is 32.2. The topological polar surface area (TPSA) is 59.5 Å². The van der Waals surface area contributed by atoms with E-state index in [0.29, 0.717) is 31.2 Å². The molecule has 0 saturated carbocycles. The standard InChI is InChI=1S/C22H24N2O3S/c1-3-17-5-7-18(8-6-17)28(25,26)21-15-23-20-9-4-16(2)14-19(20)22(21)24-10-12-27-13-11-24/h4-9,14-15H,3,10-13H2,1-2H3. The lowest BCUT2D eigenvalue weighted by Crippen LogP contribution is -2.37. The van der Waals surface area contributed by atoms with Crippen LogP contribution in [0.5, 0.6) is 0 Å². The van der Waals surface area contributed by atoms with Crippen LogP contribution < -0.4 is 4.90 Å². The lowest BCUT2D eigenvalue weighted by Gasteiger charge is -2.31. The maximum absolute atomic E-state index is 13.5. The summed E-state index contributed by atoms with van der Waals surface area (Å²) >= 11 is 0. The lowest BCUT2D eigenvalue weighted by atomic mass is 10.1. The molecule has 6 heteroatoms. The Morgan fingerprint density at radius 1 is 1.07 bits per heavy atom. The van der Waals surface area contributed by atoms with E-state index in [1.54, 1.807) is 12.1 Å². The molecule has 0 amide bonds. The third-order valence-electron chi connectivity index (χ3n) is 5.22. The number of benzene rings is 2. The van der Waals surface area contributed by atoms with E-state index in [9.17, 15) is 8.42 Å². The zero-order valence-corrected chi connectivity index (χ0v) is 17.0. The number of aromatic nitrogens is 1. The summed E-state index contributed by atoms with van der Waals surface area (Å²) in [6, 6.07) is 13.1. The Bertz CT molecular complexity index is 1100. The average Bonchev–Trinajstić information content (AvgIpc) is 2.73. The van der Waals surface area contributed by atoms with Crippen molar-refractivity contribution in [3.63, 3.8) is 0 Å². The van der Waals surface area contributed by atoms with E-state index in [4.69, 9.17) is 4.74 Å². The Labute approximate surface area is 165 Å². The molecule has 2 heterocycles. The van der Waals surface area contributed by atoms with Gasteiger partial charge in [0.15, 0.2) is 0 Å². The molecule has 0 bridgehead atoms. The molecule has 1 aliphatic heterocycles. The fourth-order valence-corrected chi connectivity index (χ4v) is 5.05. The van der Waals surface area contributed by atoms with E-state index in [1.165, 1.54) is 6.20 Å². The average molecular weight is 397 g/mol. The van der Waals surface area contributed by atoms with E-state index in [0.717, 1.165) is 34.1 Å². The molecule has 0 radical (unpaired) electrons. The minimum atomic E-state index is -3.69. The van der Waals surface area contributed by atoms with Crippen LogP contribution in [0.15, 0.2) is 58.5 Å². The van der Waals surface area contributed by atoms with Gasteiger partial charge in [0.05, 0.1) is 29.3 Å². The second-order valence-electron chi connectivity index (χ2n) is 7.09. The monoisotopic (exact) mass is 396 g/mol. The number of morpholine rings is 1. The summed E-state index contributed by atoms with van der Waals surface area (Å²) in [5.74, 6) is 0. The van der Waals surface area contributed by atoms with Gasteiger partial charge in [0.25, 0.3) is 0 Å². The largest absolute Gasteiger partial charge is 0.378 e. The predicted molar refractivity (Wildman–Crippen MR) is 111 cm³/mol. The number of rotatable bonds is 4. The fraction of sp³-hybridized carbons (Fsp3) is 0.318. The number of nitrogens with zero attached hydrogens (tertiary/aromatic N) is 2. The Kier molecular flexibility index (Phi) is 5.08. The summed E-state index contributed by atoms with van der Waals surface area (Å²) < 4.78 is 32.5. The third-order valence-corrected chi connectivity index (χ3v) is 6.99. The molecule has 0 unspecified atom stereocenters. The molecule has 0 aliphatic carbocycles. The van der Waals surface area contributed by atoms with Crippen molar-refractivity contribution in [1.29, 1.82) is 0 Å². The van der Waals surface area contributed by atoms with Gasteiger partial charge in [-0.2, -0.15) is 0 Å². The number of anilines is 1. The fourth-order valence-electron chi connectivity index (χ4n) is 3.62. The number of ether oxygens (including phenoxy) is 1. The smallest absolute Gasteiger partial charge is 0.210 e. The summed E-state index contributed by atoms with van der Waals surface area (Å²) in [6.45, 7) is 6.54. The molecule has 1 fully saturated rings. The Balaban J connectivity index is 1.94. The molecule has 0 spiro atoms. The van der Waals surface area contributed by atoms with Crippen molar-refractivity contribution in [3.8, 4) is 0 Å². The van der Waals surface area contributed by atoms with Crippen LogP contribution in [-0.2, 0) is 21.0 Å². The summed E-state index contributed by atoms with van der Waals surface area (Å²) in [5, 5.41) is 0.869. The van der Waals surface area contributed by atoms with Crippen LogP contribution in [-0.4, -0.2) is 39.7 Å². The number of pyridine rings is 1. The second-order valence-corrected chi connectivity index (χ2v) is 9.01. The molecule has 3 aromatic rings. The quantitative estimate of drug-likeness (QED) is 0.672. The van der Waals surface area contributed by atoms with Gasteiger partial charge in [-0.15, -0.1) is 0 Å². The van der Waals surface area contributed by atoms with Crippen LogP contribution in [0.25, 0.3) is 10.9 Å². The normalized spacial score (nSPS) is 15.1. The van der Waals surface area contributed by atoms with E-state index < -0.39 is 9.84 Å². The molecule has 1 aliphatic rings. The van der Waals surface area contributed by atoms with Crippen molar-refractivity contribution in [2.75, 3.05) is 31.2 Å². The van der Waals surface area contributed by atoms with E-state index in [2.05, 4.69) is 16.8 Å². The lowest BCUT2D eigenvalue weighted by molar-refractivity contribution is 0.122. The van der Waals surface area contributed by atoms with Crippen molar-refractivity contribution in [2.24, 2.45) is 0 Å². The molecule has 0 atom stereocenters. The highest BCUT2D eigenvalue weighted by molar-refractivity contribution is 7.91. The van der Waals surface area contributed by atoms with Crippen LogP contribution in [0.4, 0.5) is 5.69 Å². The zero-order chi connectivity index (χ0) is 19.7. The molecule has 0 N–H and O–H groups in total. The van der Waals surface area contributed by atoms with Gasteiger partial charge in [-0.1, -0.05) is 30.7 Å². The maximum atomic E-state index is 13.5. The zero-order valence-electron chi connectivity index (χ0n) is 16.2. The Morgan fingerprint density at radius 3 is 2.46 bits per heavy atom. The molecule has 2 aromatic carbocycles. The van der Waals surface area contributed by atoms with Crippen LogP contribution in [0, 0.1) is 6.92 Å². The summed E-state index contributed by atoms with van der Waals surface area (Å²) in [6.07, 6.45) is 2.38. The first kappa shape index (κ1) is 18.9. The van der Waals surface area contributed by atoms with Gasteiger partial charge >= 0.3 is 0 Å². The molecule has 1 saturated heterocycles. The highest BCUT2D eigenvalue weighted by Crippen LogP contribution is 2.36. The number of aryl methyl sites for hydroxylation is 2. The summed E-state index contributed by atoms with van der Waals surface area (Å²) in [5.41, 5.74) is 3.72. The first-order valence-electron chi connectivity index (χ1n) is 9.57. The van der Waals surface area contributed by atoms with Gasteiger partial charge in [-0.05, 0) is 43.2 Å². The van der Waals surface area contributed by atoms with Gasteiger partial charge in [-0.3, -0.25) is 4.98 Å². The third kappa shape index (κ3) is 3.38. The number of hydrogen-bond acceptors (Lipinski definition) is 5. The predicted octanol–water partition coefficient (Wildman–Crippen LogP) is 3.78. The molecule has 1 aromatic heterocycles. The van der Waals surface area contributed by atoms with E-state index in [1.807, 2.05) is 37.3 Å². The van der Waals surface area contributed by atoms with Gasteiger partial charge in [-0.25, -0.2) is 8.42 Å². The highest BCUT2D eigenvalue weighted by Gasteiger charge is 2.27. The maximum Gasteiger partial charge on any atom is 0.210 e. The van der Waals surface area contributed by atoms with Gasteiger partial charge in [0, 0.05) is 24.7 Å². The van der Waals surface area contributed by atoms with E-state index >= 15 is 0 Å². The minimum absolute atomic E-state index is 0.261. The van der Waals surface area contributed by atoms with Crippen molar-refractivity contribution < 1.29 is 13.2 Å². The van der Waals surface area contributed by atoms with Gasteiger partial charge in [0.1, 0.15) is 4.90 Å². The number of hydrogen-bond donors (Lipinski definition) is 0. The first-order valence-corrected chi connectivity index (χ1v) is 11.0. The Hall–Kier alpha value is -2.44. The van der Waals surface area contributed by atoms with Crippen LogP contribution in [0.2, 0.25) is 0 Å². The summed E-state index contributed by atoms with van der Waals surface area (Å²) in [4.78, 5) is 7.14. The van der Waals surface area contributed by atoms with Crippen LogP contribution >= 0.6 is 0 Å². The van der Waals surface area contributed by atoms with Crippen LogP contribution in [0.1, 0.15) is 18.1 Å². The Morgan fingerprint density at radius 2 is 1.79 bits per heavy atom. The first-order chi connectivity index (χ1) is 13.5. The molecule has 28 heavy (non-hydrogen) atoms. The number of fused-ring (bicyclic) bond motifs is 1. The molecule has 4 rings (SSSR count). The minimum Gasteiger partial charge on any atom is -0.378 e.